The van der Waals surface area contributed by atoms with Crippen LogP contribution in [0.1, 0.15) is 85.3 Å². The Balaban J connectivity index is 2.46. The number of carbonyl (C=O) groups is 1. The number of aliphatic carboxylic acids is 1. The summed E-state index contributed by atoms with van der Waals surface area (Å²) in [5, 5.41) is 10.9. The van der Waals surface area contributed by atoms with Crippen molar-refractivity contribution in [3.05, 3.63) is 87.2 Å². The normalized spacial score (nSPS) is 14.9. The number of carboxylic acid groups (broad SMARTS) is 1. The van der Waals surface area contributed by atoms with Crippen LogP contribution in [0, 0.1) is 34.6 Å². The van der Waals surface area contributed by atoms with E-state index in [-0.39, 0.29) is 18.0 Å². The number of nitrogens with zero attached hydrogens (tertiary/aromatic N) is 2. The van der Waals surface area contributed by atoms with Crippen LogP contribution in [0.15, 0.2) is 42.5 Å². The lowest BCUT2D eigenvalue weighted by molar-refractivity contribution is -0.196. The second-order valence-corrected chi connectivity index (χ2v) is 10.7. The summed E-state index contributed by atoms with van der Waals surface area (Å²) >= 11 is 0. The SMILES string of the molecule is Cc1cc(C(C)C)nc(O[C@](C)(C(=O)O)C(OC(C)C)(c2ccc(C)c(C)c2)c2cccc(C)c2C)n1. The molecule has 0 bridgehead atoms. The molecule has 2 aromatic carbocycles. The summed E-state index contributed by atoms with van der Waals surface area (Å²) in [6, 6.07) is 13.7. The van der Waals surface area contributed by atoms with Crippen LogP contribution in [0.25, 0.3) is 0 Å². The highest BCUT2D eigenvalue weighted by atomic mass is 16.6. The van der Waals surface area contributed by atoms with Gasteiger partial charge in [-0.05, 0) is 101 Å². The van der Waals surface area contributed by atoms with Crippen molar-refractivity contribution in [2.24, 2.45) is 0 Å². The molecule has 3 rings (SSSR count). The maximum absolute atomic E-state index is 13.4. The van der Waals surface area contributed by atoms with Crippen molar-refractivity contribution >= 4 is 5.97 Å². The molecular formula is C31H40N2O4. The third-order valence-corrected chi connectivity index (χ3v) is 7.13. The molecule has 0 aliphatic rings. The van der Waals surface area contributed by atoms with Gasteiger partial charge >= 0.3 is 12.0 Å². The van der Waals surface area contributed by atoms with Crippen LogP contribution >= 0.6 is 0 Å². The fraction of sp³-hybridized carbons (Fsp3) is 0.452. The van der Waals surface area contributed by atoms with Crippen LogP contribution in [0.5, 0.6) is 6.01 Å². The summed E-state index contributed by atoms with van der Waals surface area (Å²) in [6.45, 7) is 19.3. The quantitative estimate of drug-likeness (QED) is 0.348. The average Bonchev–Trinajstić information content (AvgIpc) is 2.80. The van der Waals surface area contributed by atoms with E-state index in [1.165, 1.54) is 0 Å². The van der Waals surface area contributed by atoms with Crippen molar-refractivity contribution in [3.63, 3.8) is 0 Å². The van der Waals surface area contributed by atoms with Crippen molar-refractivity contribution in [2.45, 2.75) is 92.5 Å². The monoisotopic (exact) mass is 504 g/mol. The minimum Gasteiger partial charge on any atom is -0.478 e. The van der Waals surface area contributed by atoms with Crippen LogP contribution in [0.2, 0.25) is 0 Å². The lowest BCUT2D eigenvalue weighted by atomic mass is 9.70. The topological polar surface area (TPSA) is 81.5 Å². The highest BCUT2D eigenvalue weighted by Crippen LogP contribution is 2.48. The summed E-state index contributed by atoms with van der Waals surface area (Å²) < 4.78 is 13.2. The molecule has 6 nitrogen and oxygen atoms in total. The summed E-state index contributed by atoms with van der Waals surface area (Å²) in [5.41, 5.74) is 3.55. The number of aryl methyl sites for hydroxylation is 4. The molecule has 0 saturated heterocycles. The highest BCUT2D eigenvalue weighted by Gasteiger charge is 2.61. The molecule has 0 aliphatic carbocycles. The molecule has 0 amide bonds. The van der Waals surface area contributed by atoms with E-state index in [1.54, 1.807) is 6.92 Å². The van der Waals surface area contributed by atoms with Crippen molar-refractivity contribution in [2.75, 3.05) is 0 Å². The summed E-state index contributed by atoms with van der Waals surface area (Å²) in [7, 11) is 0. The number of benzene rings is 2. The van der Waals surface area contributed by atoms with Crippen LogP contribution in [-0.4, -0.2) is 32.7 Å². The Labute approximate surface area is 221 Å². The number of ether oxygens (including phenoxy) is 2. The van der Waals surface area contributed by atoms with Gasteiger partial charge in [0.1, 0.15) is 0 Å². The molecule has 3 aromatic rings. The minimum atomic E-state index is -1.93. The van der Waals surface area contributed by atoms with E-state index in [4.69, 9.17) is 9.47 Å². The van der Waals surface area contributed by atoms with Gasteiger partial charge in [-0.3, -0.25) is 0 Å². The maximum atomic E-state index is 13.4. The lowest BCUT2D eigenvalue weighted by Gasteiger charge is -2.47. The second-order valence-electron chi connectivity index (χ2n) is 10.7. The van der Waals surface area contributed by atoms with Crippen LogP contribution < -0.4 is 4.74 Å². The number of aromatic nitrogens is 2. The zero-order chi connectivity index (χ0) is 27.7. The number of hydrogen-bond acceptors (Lipinski definition) is 5. The Morgan fingerprint density at radius 1 is 0.892 bits per heavy atom. The molecule has 2 atom stereocenters. The maximum Gasteiger partial charge on any atom is 0.351 e. The molecule has 0 saturated carbocycles. The molecule has 198 valence electrons. The molecule has 6 heteroatoms. The average molecular weight is 505 g/mol. The summed E-state index contributed by atoms with van der Waals surface area (Å²) in [5.74, 6) is -1.06. The van der Waals surface area contributed by atoms with Crippen LogP contribution in [0.3, 0.4) is 0 Å². The standard InChI is InChI=1S/C31H40N2O4/c1-18(2)27-17-23(8)32-29(33-27)37-30(10,28(34)35)31(36-19(3)4,25-15-14-20(5)22(7)16-25)26-13-11-12-21(6)24(26)9/h11-19H,1-10H3,(H,34,35)/t30-,31?/m1/s1. The first kappa shape index (κ1) is 28.3. The molecule has 0 radical (unpaired) electrons. The molecule has 1 N–H and O–H groups in total. The van der Waals surface area contributed by atoms with E-state index in [0.29, 0.717) is 11.3 Å². The predicted molar refractivity (Wildman–Crippen MR) is 146 cm³/mol. The molecule has 1 unspecified atom stereocenters. The van der Waals surface area contributed by atoms with Gasteiger partial charge in [-0.15, -0.1) is 0 Å². The summed E-state index contributed by atoms with van der Waals surface area (Å²) in [4.78, 5) is 22.5. The molecule has 37 heavy (non-hydrogen) atoms. The second kappa shape index (κ2) is 10.6. The fourth-order valence-electron chi connectivity index (χ4n) is 4.73. The summed E-state index contributed by atoms with van der Waals surface area (Å²) in [6.07, 6.45) is -0.326. The van der Waals surface area contributed by atoms with Crippen molar-refractivity contribution in [1.82, 2.24) is 9.97 Å². The van der Waals surface area contributed by atoms with Gasteiger partial charge in [0, 0.05) is 5.69 Å². The first-order valence-electron chi connectivity index (χ1n) is 12.8. The Bertz CT molecular complexity index is 1300. The number of carboxylic acids is 1. The van der Waals surface area contributed by atoms with Gasteiger partial charge in [-0.25, -0.2) is 9.78 Å². The molecule has 0 spiro atoms. The zero-order valence-electron chi connectivity index (χ0n) is 23.8. The smallest absolute Gasteiger partial charge is 0.351 e. The van der Waals surface area contributed by atoms with Crippen molar-refractivity contribution in [1.29, 1.82) is 0 Å². The van der Waals surface area contributed by atoms with Gasteiger partial charge in [-0.1, -0.05) is 50.2 Å². The number of rotatable bonds is 9. The third-order valence-electron chi connectivity index (χ3n) is 7.13. The molecule has 1 aromatic heterocycles. The van der Waals surface area contributed by atoms with Crippen LogP contribution in [0.4, 0.5) is 0 Å². The van der Waals surface area contributed by atoms with Gasteiger partial charge in [0.05, 0.1) is 11.8 Å². The third kappa shape index (κ3) is 5.26. The predicted octanol–water partition coefficient (Wildman–Crippen LogP) is 6.73. The Hall–Kier alpha value is -3.25. The van der Waals surface area contributed by atoms with Gasteiger partial charge < -0.3 is 14.6 Å². The number of hydrogen-bond donors (Lipinski definition) is 1. The zero-order valence-corrected chi connectivity index (χ0v) is 23.8. The van der Waals surface area contributed by atoms with E-state index in [2.05, 4.69) is 9.97 Å². The Morgan fingerprint density at radius 3 is 2.14 bits per heavy atom. The minimum absolute atomic E-state index is 0.0134. The van der Waals surface area contributed by atoms with Crippen molar-refractivity contribution < 1.29 is 19.4 Å². The fourth-order valence-corrected chi connectivity index (χ4v) is 4.73. The highest BCUT2D eigenvalue weighted by molar-refractivity contribution is 5.81. The van der Waals surface area contributed by atoms with E-state index in [0.717, 1.165) is 33.5 Å². The van der Waals surface area contributed by atoms with Gasteiger partial charge in [0.2, 0.25) is 5.60 Å². The van der Waals surface area contributed by atoms with E-state index in [9.17, 15) is 9.90 Å². The molecule has 0 aliphatic heterocycles. The Morgan fingerprint density at radius 2 is 1.57 bits per heavy atom. The first-order valence-corrected chi connectivity index (χ1v) is 12.8. The van der Waals surface area contributed by atoms with E-state index < -0.39 is 17.2 Å². The van der Waals surface area contributed by atoms with Crippen LogP contribution in [-0.2, 0) is 15.1 Å². The molecule has 1 heterocycles. The van der Waals surface area contributed by atoms with Crippen molar-refractivity contribution in [3.8, 4) is 6.01 Å². The van der Waals surface area contributed by atoms with E-state index in [1.807, 2.05) is 105 Å². The molecular weight excluding hydrogens is 464 g/mol. The van der Waals surface area contributed by atoms with E-state index >= 15 is 0 Å². The Kier molecular flexibility index (Phi) is 8.13. The van der Waals surface area contributed by atoms with Gasteiger partial charge in [-0.2, -0.15) is 4.98 Å². The first-order chi connectivity index (χ1) is 17.2. The largest absolute Gasteiger partial charge is 0.478 e. The van der Waals surface area contributed by atoms with Gasteiger partial charge in [0.25, 0.3) is 0 Å². The van der Waals surface area contributed by atoms with Gasteiger partial charge in [0.15, 0.2) is 5.60 Å². The molecule has 0 fully saturated rings. The lowest BCUT2D eigenvalue weighted by Crippen LogP contribution is -2.62.